The quantitative estimate of drug-likeness (QED) is 0.744. The molecule has 18 heavy (non-hydrogen) atoms. The minimum Gasteiger partial charge on any atom is -0.497 e. The third-order valence-corrected chi connectivity index (χ3v) is 2.73. The van der Waals surface area contributed by atoms with E-state index < -0.39 is 0 Å². The second kappa shape index (κ2) is 4.03. The predicted octanol–water partition coefficient (Wildman–Crippen LogP) is 1.99. The fourth-order valence-electron chi connectivity index (χ4n) is 1.83. The van der Waals surface area contributed by atoms with Crippen molar-refractivity contribution < 1.29 is 4.74 Å². The number of aromatic nitrogens is 3. The summed E-state index contributed by atoms with van der Waals surface area (Å²) in [4.78, 5) is 8.53. The molecule has 0 bridgehead atoms. The molecule has 5 nitrogen and oxygen atoms in total. The van der Waals surface area contributed by atoms with E-state index >= 15 is 0 Å². The Morgan fingerprint density at radius 2 is 2.17 bits per heavy atom. The zero-order valence-electron chi connectivity index (χ0n) is 9.87. The maximum Gasteiger partial charge on any atom is 0.142 e. The Bertz CT molecular complexity index is 705. The highest BCUT2D eigenvalue weighted by molar-refractivity contribution is 5.64. The number of methoxy groups -OCH3 is 1. The average Bonchev–Trinajstić information content (AvgIpc) is 2.81. The Labute approximate surface area is 104 Å². The number of benzene rings is 1. The zero-order valence-corrected chi connectivity index (χ0v) is 9.87. The third-order valence-electron chi connectivity index (χ3n) is 2.73. The number of fused-ring (bicyclic) bond motifs is 1. The summed E-state index contributed by atoms with van der Waals surface area (Å²) in [7, 11) is 1.65. The van der Waals surface area contributed by atoms with E-state index in [2.05, 4.69) is 9.97 Å². The summed E-state index contributed by atoms with van der Waals surface area (Å²) in [6.45, 7) is 0. The molecule has 0 atom stereocenters. The van der Waals surface area contributed by atoms with Crippen LogP contribution in [0, 0.1) is 0 Å². The highest BCUT2D eigenvalue weighted by Crippen LogP contribution is 2.23. The molecule has 2 aromatic heterocycles. The minimum atomic E-state index is 0.463. The standard InChI is InChI=1S/C13H12N4O/c1-18-10-4-2-3-9(5-10)11-7-17-8-15-12(14)6-13(17)16-11/h2-8H,14H2,1H3. The van der Waals surface area contributed by atoms with Crippen LogP contribution in [0.1, 0.15) is 0 Å². The molecule has 2 N–H and O–H groups in total. The van der Waals surface area contributed by atoms with Gasteiger partial charge in [-0.3, -0.25) is 4.40 Å². The van der Waals surface area contributed by atoms with E-state index in [9.17, 15) is 0 Å². The van der Waals surface area contributed by atoms with Crippen LogP contribution in [0.3, 0.4) is 0 Å². The van der Waals surface area contributed by atoms with Crippen LogP contribution < -0.4 is 10.5 Å². The molecule has 1 aromatic carbocycles. The van der Waals surface area contributed by atoms with Gasteiger partial charge in [-0.25, -0.2) is 9.97 Å². The van der Waals surface area contributed by atoms with Crippen molar-refractivity contribution in [2.45, 2.75) is 0 Å². The molecule has 5 heteroatoms. The summed E-state index contributed by atoms with van der Waals surface area (Å²) >= 11 is 0. The van der Waals surface area contributed by atoms with E-state index in [0.29, 0.717) is 5.82 Å². The van der Waals surface area contributed by atoms with Crippen LogP contribution in [0.25, 0.3) is 16.9 Å². The first-order chi connectivity index (χ1) is 8.76. The van der Waals surface area contributed by atoms with Crippen molar-refractivity contribution >= 4 is 11.5 Å². The lowest BCUT2D eigenvalue weighted by Gasteiger charge is -2.00. The van der Waals surface area contributed by atoms with Gasteiger partial charge in [-0.2, -0.15) is 0 Å². The van der Waals surface area contributed by atoms with Gasteiger partial charge in [0.1, 0.15) is 23.5 Å². The lowest BCUT2D eigenvalue weighted by atomic mass is 10.1. The summed E-state index contributed by atoms with van der Waals surface area (Å²) in [6, 6.07) is 9.51. The number of hydrogen-bond acceptors (Lipinski definition) is 4. The number of rotatable bonds is 2. The molecule has 0 aliphatic heterocycles. The number of imidazole rings is 1. The summed E-state index contributed by atoms with van der Waals surface area (Å²) < 4.78 is 7.04. The number of anilines is 1. The minimum absolute atomic E-state index is 0.463. The zero-order chi connectivity index (χ0) is 12.5. The van der Waals surface area contributed by atoms with Gasteiger partial charge in [0.05, 0.1) is 12.8 Å². The SMILES string of the molecule is COc1cccc(-c2cn3cnc(N)cc3n2)c1. The van der Waals surface area contributed by atoms with Crippen molar-refractivity contribution in [3.8, 4) is 17.0 Å². The topological polar surface area (TPSA) is 65.4 Å². The van der Waals surface area contributed by atoms with E-state index in [1.807, 2.05) is 34.9 Å². The van der Waals surface area contributed by atoms with Crippen LogP contribution in [0.2, 0.25) is 0 Å². The average molecular weight is 240 g/mol. The largest absolute Gasteiger partial charge is 0.497 e. The molecule has 2 heterocycles. The van der Waals surface area contributed by atoms with Crippen LogP contribution in [-0.2, 0) is 0 Å². The number of nitrogens with two attached hydrogens (primary N) is 1. The van der Waals surface area contributed by atoms with Gasteiger partial charge in [0, 0.05) is 17.8 Å². The molecule has 0 aliphatic rings. The summed E-state index contributed by atoms with van der Waals surface area (Å²) in [5, 5.41) is 0. The molecule has 0 fully saturated rings. The number of hydrogen-bond donors (Lipinski definition) is 1. The van der Waals surface area contributed by atoms with Gasteiger partial charge in [0.2, 0.25) is 0 Å². The first-order valence-electron chi connectivity index (χ1n) is 5.51. The monoisotopic (exact) mass is 240 g/mol. The van der Waals surface area contributed by atoms with Crippen molar-refractivity contribution in [3.05, 3.63) is 42.9 Å². The summed E-state index contributed by atoms with van der Waals surface area (Å²) in [6.07, 6.45) is 3.57. The molecule has 0 amide bonds. The van der Waals surface area contributed by atoms with Crippen molar-refractivity contribution in [3.63, 3.8) is 0 Å². The van der Waals surface area contributed by atoms with Gasteiger partial charge in [-0.15, -0.1) is 0 Å². The summed E-state index contributed by atoms with van der Waals surface area (Å²) in [5.41, 5.74) is 8.27. The van der Waals surface area contributed by atoms with E-state index in [1.54, 1.807) is 19.5 Å². The summed E-state index contributed by atoms with van der Waals surface area (Å²) in [5.74, 6) is 1.27. The molecule has 0 aliphatic carbocycles. The normalized spacial score (nSPS) is 10.7. The van der Waals surface area contributed by atoms with Crippen molar-refractivity contribution in [1.29, 1.82) is 0 Å². The van der Waals surface area contributed by atoms with Gasteiger partial charge in [0.25, 0.3) is 0 Å². The van der Waals surface area contributed by atoms with Crippen LogP contribution in [0.4, 0.5) is 5.82 Å². The van der Waals surface area contributed by atoms with Gasteiger partial charge in [-0.1, -0.05) is 12.1 Å². The van der Waals surface area contributed by atoms with Crippen molar-refractivity contribution in [2.24, 2.45) is 0 Å². The maximum absolute atomic E-state index is 5.63. The van der Waals surface area contributed by atoms with E-state index in [1.165, 1.54) is 0 Å². The van der Waals surface area contributed by atoms with E-state index in [-0.39, 0.29) is 0 Å². The Balaban J connectivity index is 2.13. The van der Waals surface area contributed by atoms with Gasteiger partial charge >= 0.3 is 0 Å². The highest BCUT2D eigenvalue weighted by atomic mass is 16.5. The molecule has 3 rings (SSSR count). The molecule has 0 saturated carbocycles. The van der Waals surface area contributed by atoms with Crippen LogP contribution in [-0.4, -0.2) is 21.5 Å². The van der Waals surface area contributed by atoms with Crippen molar-refractivity contribution in [1.82, 2.24) is 14.4 Å². The first kappa shape index (κ1) is 10.6. The molecule has 0 radical (unpaired) electrons. The van der Waals surface area contributed by atoms with Crippen LogP contribution in [0.15, 0.2) is 42.9 Å². The number of nitrogen functional groups attached to an aromatic ring is 1. The molecule has 3 aromatic rings. The molecule has 0 spiro atoms. The third kappa shape index (κ3) is 1.75. The van der Waals surface area contributed by atoms with E-state index in [0.717, 1.165) is 22.7 Å². The second-order valence-corrected chi connectivity index (χ2v) is 3.94. The lowest BCUT2D eigenvalue weighted by Crippen LogP contribution is -1.92. The fourth-order valence-corrected chi connectivity index (χ4v) is 1.83. The Morgan fingerprint density at radius 1 is 1.28 bits per heavy atom. The van der Waals surface area contributed by atoms with Crippen LogP contribution in [0.5, 0.6) is 5.75 Å². The van der Waals surface area contributed by atoms with Gasteiger partial charge < -0.3 is 10.5 Å². The van der Waals surface area contributed by atoms with Crippen LogP contribution >= 0.6 is 0 Å². The Kier molecular flexibility index (Phi) is 2.37. The van der Waals surface area contributed by atoms with E-state index in [4.69, 9.17) is 10.5 Å². The van der Waals surface area contributed by atoms with Gasteiger partial charge in [-0.05, 0) is 12.1 Å². The predicted molar refractivity (Wildman–Crippen MR) is 69.4 cm³/mol. The lowest BCUT2D eigenvalue weighted by molar-refractivity contribution is 0.415. The second-order valence-electron chi connectivity index (χ2n) is 3.94. The number of nitrogens with zero attached hydrogens (tertiary/aromatic N) is 3. The molecular formula is C13H12N4O. The maximum atomic E-state index is 5.63. The smallest absolute Gasteiger partial charge is 0.142 e. The first-order valence-corrected chi connectivity index (χ1v) is 5.51. The highest BCUT2D eigenvalue weighted by Gasteiger charge is 2.05. The Morgan fingerprint density at radius 3 is 3.00 bits per heavy atom. The van der Waals surface area contributed by atoms with Gasteiger partial charge in [0.15, 0.2) is 0 Å². The molecular weight excluding hydrogens is 228 g/mol. The molecule has 90 valence electrons. The fraction of sp³-hybridized carbons (Fsp3) is 0.0769. The molecule has 0 unspecified atom stereocenters. The van der Waals surface area contributed by atoms with Crippen molar-refractivity contribution in [2.75, 3.05) is 12.8 Å². The Hall–Kier alpha value is -2.56. The molecule has 0 saturated heterocycles. The number of ether oxygens (including phenoxy) is 1.